The molecule has 0 aliphatic rings. The predicted molar refractivity (Wildman–Crippen MR) is 132 cm³/mol. The first-order valence-corrected chi connectivity index (χ1v) is 11.7. The number of halogens is 3. The van der Waals surface area contributed by atoms with Gasteiger partial charge in [0.2, 0.25) is 0 Å². The standard InChI is InChI=1S/C25H17ClF2N4O2S/c26-18-7-8-29-23-22(18)17(12-30-23)21-6-4-15(35-21)11-31-24(33)16-2-1-9-32(25(16)34)13-14-3-5-19(27)20(28)10-14/h1-10,12H,11,13H2,(H,29,30)(H,31,33). The summed E-state index contributed by atoms with van der Waals surface area (Å²) in [5.74, 6) is -2.48. The van der Waals surface area contributed by atoms with Crippen LogP contribution in [-0.2, 0) is 13.1 Å². The van der Waals surface area contributed by atoms with Gasteiger partial charge in [-0.15, -0.1) is 11.3 Å². The molecule has 0 spiro atoms. The molecule has 1 amide bonds. The number of hydrogen-bond donors (Lipinski definition) is 2. The summed E-state index contributed by atoms with van der Waals surface area (Å²) in [4.78, 5) is 34.8. The number of rotatable bonds is 6. The highest BCUT2D eigenvalue weighted by atomic mass is 35.5. The summed E-state index contributed by atoms with van der Waals surface area (Å²) in [6.07, 6.45) is 4.97. The van der Waals surface area contributed by atoms with Crippen LogP contribution >= 0.6 is 22.9 Å². The van der Waals surface area contributed by atoms with Crippen LogP contribution in [0, 0.1) is 11.6 Å². The summed E-state index contributed by atoms with van der Waals surface area (Å²) >= 11 is 7.84. The minimum atomic E-state index is -0.995. The monoisotopic (exact) mass is 510 g/mol. The maximum Gasteiger partial charge on any atom is 0.263 e. The molecule has 4 aromatic heterocycles. The van der Waals surface area contributed by atoms with E-state index < -0.39 is 23.1 Å². The number of nitrogens with zero attached hydrogens (tertiary/aromatic N) is 2. The van der Waals surface area contributed by atoms with Gasteiger partial charge in [-0.05, 0) is 48.0 Å². The lowest BCUT2D eigenvalue weighted by molar-refractivity contribution is 0.0949. The Morgan fingerprint density at radius 3 is 2.83 bits per heavy atom. The Morgan fingerprint density at radius 1 is 1.14 bits per heavy atom. The van der Waals surface area contributed by atoms with E-state index in [9.17, 15) is 18.4 Å². The van der Waals surface area contributed by atoms with E-state index in [2.05, 4.69) is 15.3 Å². The highest BCUT2D eigenvalue weighted by Crippen LogP contribution is 2.36. The van der Waals surface area contributed by atoms with Crippen molar-refractivity contribution in [2.45, 2.75) is 13.1 Å². The molecule has 5 aromatic rings. The molecular weight excluding hydrogens is 494 g/mol. The van der Waals surface area contributed by atoms with Gasteiger partial charge in [-0.3, -0.25) is 9.59 Å². The van der Waals surface area contributed by atoms with Gasteiger partial charge in [-0.25, -0.2) is 13.8 Å². The number of H-pyrrole nitrogens is 1. The molecule has 0 atom stereocenters. The van der Waals surface area contributed by atoms with Gasteiger partial charge in [0.1, 0.15) is 11.2 Å². The Labute approximate surface area is 206 Å². The van der Waals surface area contributed by atoms with Crippen molar-refractivity contribution in [1.29, 1.82) is 0 Å². The molecule has 0 saturated heterocycles. The fourth-order valence-corrected chi connectivity index (χ4v) is 4.98. The molecular formula is C25H17ClF2N4O2S. The molecule has 0 aliphatic carbocycles. The van der Waals surface area contributed by atoms with E-state index in [4.69, 9.17) is 11.6 Å². The summed E-state index contributed by atoms with van der Waals surface area (Å²) in [5, 5.41) is 4.20. The van der Waals surface area contributed by atoms with E-state index in [0.717, 1.165) is 32.8 Å². The lowest BCUT2D eigenvalue weighted by Crippen LogP contribution is -2.32. The Morgan fingerprint density at radius 2 is 2.00 bits per heavy atom. The van der Waals surface area contributed by atoms with E-state index in [1.54, 1.807) is 18.3 Å². The van der Waals surface area contributed by atoms with E-state index in [1.807, 2.05) is 18.3 Å². The quantitative estimate of drug-likeness (QED) is 0.322. The van der Waals surface area contributed by atoms with Gasteiger partial charge < -0.3 is 14.9 Å². The van der Waals surface area contributed by atoms with Crippen molar-refractivity contribution in [3.63, 3.8) is 0 Å². The van der Waals surface area contributed by atoms with Crippen molar-refractivity contribution in [3.8, 4) is 10.4 Å². The molecule has 1 aromatic carbocycles. The molecule has 35 heavy (non-hydrogen) atoms. The van der Waals surface area contributed by atoms with Crippen LogP contribution in [0.3, 0.4) is 0 Å². The third-order valence-electron chi connectivity index (χ3n) is 5.47. The van der Waals surface area contributed by atoms with E-state index >= 15 is 0 Å². The van der Waals surface area contributed by atoms with Gasteiger partial charge >= 0.3 is 0 Å². The van der Waals surface area contributed by atoms with Gasteiger partial charge in [0, 0.05) is 39.3 Å². The maximum atomic E-state index is 13.5. The molecule has 176 valence electrons. The van der Waals surface area contributed by atoms with Crippen LogP contribution in [0.2, 0.25) is 5.02 Å². The van der Waals surface area contributed by atoms with E-state index in [1.165, 1.54) is 34.2 Å². The fraction of sp³-hybridized carbons (Fsp3) is 0.0800. The molecule has 6 nitrogen and oxygen atoms in total. The summed E-state index contributed by atoms with van der Waals surface area (Å²) in [6.45, 7) is 0.239. The first-order valence-electron chi connectivity index (χ1n) is 10.5. The number of carbonyl (C=O) groups excluding carboxylic acids is 1. The highest BCUT2D eigenvalue weighted by molar-refractivity contribution is 7.15. The summed E-state index contributed by atoms with van der Waals surface area (Å²) in [7, 11) is 0. The summed E-state index contributed by atoms with van der Waals surface area (Å²) in [5.41, 5.74) is 1.45. The second-order valence-corrected chi connectivity index (χ2v) is 9.35. The second kappa shape index (κ2) is 9.44. The molecule has 4 heterocycles. The molecule has 5 rings (SSSR count). The second-order valence-electron chi connectivity index (χ2n) is 7.77. The zero-order chi connectivity index (χ0) is 24.5. The molecule has 0 radical (unpaired) electrons. The largest absolute Gasteiger partial charge is 0.347 e. The third-order valence-corrected chi connectivity index (χ3v) is 6.91. The Bertz CT molecular complexity index is 1630. The van der Waals surface area contributed by atoms with E-state index in [0.29, 0.717) is 16.2 Å². The molecule has 0 fully saturated rings. The Balaban J connectivity index is 1.30. The van der Waals surface area contributed by atoms with Gasteiger partial charge in [0.25, 0.3) is 11.5 Å². The average molecular weight is 511 g/mol. The van der Waals surface area contributed by atoms with Gasteiger partial charge in [-0.2, -0.15) is 0 Å². The summed E-state index contributed by atoms with van der Waals surface area (Å²) < 4.78 is 28.0. The van der Waals surface area contributed by atoms with Crippen molar-refractivity contribution in [2.24, 2.45) is 0 Å². The van der Waals surface area contributed by atoms with Crippen LogP contribution in [0.15, 0.2) is 71.9 Å². The zero-order valence-corrected chi connectivity index (χ0v) is 19.6. The first kappa shape index (κ1) is 22.9. The molecule has 0 bridgehead atoms. The SMILES string of the molecule is O=C(NCc1ccc(-c2c[nH]c3nccc(Cl)c23)s1)c1cccn(Cc2ccc(F)c(F)c2)c1=O. The van der Waals surface area contributed by atoms with E-state index in [-0.39, 0.29) is 18.7 Å². The molecule has 10 heteroatoms. The van der Waals surface area contributed by atoms with Crippen molar-refractivity contribution < 1.29 is 13.6 Å². The van der Waals surface area contributed by atoms with Crippen LogP contribution in [0.5, 0.6) is 0 Å². The highest BCUT2D eigenvalue weighted by Gasteiger charge is 2.15. The minimum absolute atomic E-state index is 0.00742. The van der Waals surface area contributed by atoms with Gasteiger partial charge in [0.05, 0.1) is 18.1 Å². The lowest BCUT2D eigenvalue weighted by Gasteiger charge is -2.09. The zero-order valence-electron chi connectivity index (χ0n) is 18.0. The number of carbonyl (C=O) groups is 1. The number of pyridine rings is 2. The number of nitrogens with one attached hydrogen (secondary N) is 2. The number of hydrogen-bond acceptors (Lipinski definition) is 4. The Kier molecular flexibility index (Phi) is 6.19. The normalized spacial score (nSPS) is 11.2. The van der Waals surface area contributed by atoms with Crippen molar-refractivity contribution in [1.82, 2.24) is 19.9 Å². The van der Waals surface area contributed by atoms with Gasteiger partial charge in [0.15, 0.2) is 11.6 Å². The van der Waals surface area contributed by atoms with Crippen LogP contribution < -0.4 is 10.9 Å². The Hall–Kier alpha value is -3.82. The third kappa shape index (κ3) is 4.60. The van der Waals surface area contributed by atoms with Crippen molar-refractivity contribution in [2.75, 3.05) is 0 Å². The number of amides is 1. The fourth-order valence-electron chi connectivity index (χ4n) is 3.76. The average Bonchev–Trinajstić information content (AvgIpc) is 3.49. The van der Waals surface area contributed by atoms with Crippen LogP contribution in [0.4, 0.5) is 8.78 Å². The first-order chi connectivity index (χ1) is 16.9. The number of aromatic amines is 1. The number of fused-ring (bicyclic) bond motifs is 1. The molecule has 0 aliphatic heterocycles. The summed E-state index contributed by atoms with van der Waals surface area (Å²) in [6, 6.07) is 12.0. The van der Waals surface area contributed by atoms with Crippen LogP contribution in [-0.4, -0.2) is 20.4 Å². The van der Waals surface area contributed by atoms with Crippen LogP contribution in [0.25, 0.3) is 21.5 Å². The number of aromatic nitrogens is 3. The predicted octanol–water partition coefficient (Wildman–Crippen LogP) is 5.36. The molecule has 0 saturated carbocycles. The van der Waals surface area contributed by atoms with Crippen molar-refractivity contribution in [3.05, 3.63) is 110 Å². The smallest absolute Gasteiger partial charge is 0.263 e. The minimum Gasteiger partial charge on any atom is -0.347 e. The topological polar surface area (TPSA) is 79.8 Å². The molecule has 0 unspecified atom stereocenters. The van der Waals surface area contributed by atoms with Crippen molar-refractivity contribution >= 4 is 39.9 Å². The molecule has 2 N–H and O–H groups in total. The number of thiophene rings is 1. The van der Waals surface area contributed by atoms with Crippen LogP contribution in [0.1, 0.15) is 20.8 Å². The van der Waals surface area contributed by atoms with Gasteiger partial charge in [-0.1, -0.05) is 17.7 Å². The number of benzene rings is 1. The maximum absolute atomic E-state index is 13.5. The lowest BCUT2D eigenvalue weighted by atomic mass is 10.2.